The number of alkyl halides is 1. The Labute approximate surface area is 120 Å². The SMILES string of the molecule is Fc1ccc(C(Cl)c2cc(F)c(F)c(F)c2)cc1Br. The summed E-state index contributed by atoms with van der Waals surface area (Å²) in [5.41, 5.74) is 0.483. The average Bonchev–Trinajstić information content (AvgIpc) is 2.37. The minimum atomic E-state index is -1.55. The van der Waals surface area contributed by atoms with Crippen molar-refractivity contribution in [1.29, 1.82) is 0 Å². The van der Waals surface area contributed by atoms with Gasteiger partial charge < -0.3 is 0 Å². The predicted octanol–water partition coefficient (Wildman–Crippen LogP) is 5.33. The first kappa shape index (κ1) is 14.3. The molecule has 0 aliphatic carbocycles. The molecular formula is C13H6BrClF4. The van der Waals surface area contributed by atoms with Gasteiger partial charge in [0.1, 0.15) is 5.82 Å². The zero-order valence-corrected chi connectivity index (χ0v) is 11.6. The second kappa shape index (κ2) is 5.51. The third-order valence-electron chi connectivity index (χ3n) is 2.54. The van der Waals surface area contributed by atoms with Crippen LogP contribution in [0.3, 0.4) is 0 Å². The quantitative estimate of drug-likeness (QED) is 0.389. The van der Waals surface area contributed by atoms with Gasteiger partial charge >= 0.3 is 0 Å². The number of benzene rings is 2. The minimum absolute atomic E-state index is 0.0524. The summed E-state index contributed by atoms with van der Waals surface area (Å²) < 4.78 is 52.3. The van der Waals surface area contributed by atoms with E-state index in [1.54, 1.807) is 0 Å². The first-order valence-electron chi connectivity index (χ1n) is 5.13. The van der Waals surface area contributed by atoms with Gasteiger partial charge in [-0.15, -0.1) is 11.6 Å². The molecule has 0 saturated heterocycles. The standard InChI is InChI=1S/C13H6BrClF4/c14-8-3-6(1-2-9(8)16)12(15)7-4-10(17)13(19)11(18)5-7/h1-5,12H. The molecule has 19 heavy (non-hydrogen) atoms. The highest BCUT2D eigenvalue weighted by Gasteiger charge is 2.18. The van der Waals surface area contributed by atoms with Crippen molar-refractivity contribution >= 4 is 27.5 Å². The van der Waals surface area contributed by atoms with Crippen LogP contribution in [0.15, 0.2) is 34.8 Å². The largest absolute Gasteiger partial charge is 0.206 e. The molecule has 0 aliphatic heterocycles. The van der Waals surface area contributed by atoms with Gasteiger partial charge in [-0.25, -0.2) is 17.6 Å². The van der Waals surface area contributed by atoms with Crippen LogP contribution in [0.5, 0.6) is 0 Å². The molecule has 0 spiro atoms. The van der Waals surface area contributed by atoms with Crippen molar-refractivity contribution in [2.75, 3.05) is 0 Å². The van der Waals surface area contributed by atoms with Crippen LogP contribution in [0.25, 0.3) is 0 Å². The van der Waals surface area contributed by atoms with Crippen molar-refractivity contribution in [2.45, 2.75) is 5.38 Å². The zero-order valence-electron chi connectivity index (χ0n) is 9.23. The summed E-state index contributed by atoms with van der Waals surface area (Å²) in [6, 6.07) is 5.58. The van der Waals surface area contributed by atoms with Crippen molar-refractivity contribution in [2.24, 2.45) is 0 Å². The molecule has 1 atom stereocenters. The fourth-order valence-corrected chi connectivity index (χ4v) is 2.24. The molecule has 0 aromatic heterocycles. The fourth-order valence-electron chi connectivity index (χ4n) is 1.58. The number of hydrogen-bond donors (Lipinski definition) is 0. The first-order valence-corrected chi connectivity index (χ1v) is 6.36. The van der Waals surface area contributed by atoms with Crippen LogP contribution in [0.4, 0.5) is 17.6 Å². The van der Waals surface area contributed by atoms with E-state index in [9.17, 15) is 17.6 Å². The van der Waals surface area contributed by atoms with Crippen LogP contribution < -0.4 is 0 Å². The van der Waals surface area contributed by atoms with Crippen LogP contribution in [0, 0.1) is 23.3 Å². The molecule has 0 heterocycles. The fraction of sp³-hybridized carbons (Fsp3) is 0.0769. The topological polar surface area (TPSA) is 0 Å². The monoisotopic (exact) mass is 352 g/mol. The van der Waals surface area contributed by atoms with Crippen LogP contribution in [-0.4, -0.2) is 0 Å². The van der Waals surface area contributed by atoms with Crippen molar-refractivity contribution in [1.82, 2.24) is 0 Å². The smallest absolute Gasteiger partial charge is 0.194 e. The van der Waals surface area contributed by atoms with Gasteiger partial charge in [-0.1, -0.05) is 6.07 Å². The normalized spacial score (nSPS) is 12.5. The molecule has 0 nitrogen and oxygen atoms in total. The van der Waals surface area contributed by atoms with Gasteiger partial charge in [-0.2, -0.15) is 0 Å². The Kier molecular flexibility index (Phi) is 4.16. The minimum Gasteiger partial charge on any atom is -0.206 e. The Morgan fingerprint density at radius 2 is 1.42 bits per heavy atom. The molecule has 0 N–H and O–H groups in total. The molecule has 100 valence electrons. The Morgan fingerprint density at radius 3 is 1.95 bits per heavy atom. The van der Waals surface area contributed by atoms with Crippen LogP contribution in [-0.2, 0) is 0 Å². The molecular weight excluding hydrogens is 347 g/mol. The van der Waals surface area contributed by atoms with E-state index < -0.39 is 28.6 Å². The van der Waals surface area contributed by atoms with Crippen molar-refractivity contribution < 1.29 is 17.6 Å². The highest BCUT2D eigenvalue weighted by molar-refractivity contribution is 9.10. The van der Waals surface area contributed by atoms with E-state index in [1.165, 1.54) is 18.2 Å². The van der Waals surface area contributed by atoms with Gasteiger partial charge in [0, 0.05) is 0 Å². The maximum absolute atomic E-state index is 13.1. The summed E-state index contributed by atoms with van der Waals surface area (Å²) in [7, 11) is 0. The maximum atomic E-state index is 13.1. The summed E-state index contributed by atoms with van der Waals surface area (Å²) in [5.74, 6) is -4.67. The van der Waals surface area contributed by atoms with Gasteiger partial charge in [0.25, 0.3) is 0 Å². The number of rotatable bonds is 2. The van der Waals surface area contributed by atoms with E-state index in [1.807, 2.05) is 0 Å². The van der Waals surface area contributed by atoms with Crippen molar-refractivity contribution in [3.05, 3.63) is 69.2 Å². The Morgan fingerprint density at radius 1 is 0.842 bits per heavy atom. The Bertz CT molecular complexity index is 607. The Hall–Kier alpha value is -1.07. The maximum Gasteiger partial charge on any atom is 0.194 e. The Balaban J connectivity index is 2.43. The lowest BCUT2D eigenvalue weighted by atomic mass is 10.0. The predicted molar refractivity (Wildman–Crippen MR) is 68.1 cm³/mol. The van der Waals surface area contributed by atoms with E-state index >= 15 is 0 Å². The molecule has 0 amide bonds. The summed E-state index contributed by atoms with van der Waals surface area (Å²) in [6.45, 7) is 0. The molecule has 0 saturated carbocycles. The summed E-state index contributed by atoms with van der Waals surface area (Å²) in [4.78, 5) is 0. The number of halogens is 6. The highest BCUT2D eigenvalue weighted by atomic mass is 79.9. The zero-order chi connectivity index (χ0) is 14.2. The lowest BCUT2D eigenvalue weighted by Gasteiger charge is -2.12. The molecule has 6 heteroatoms. The lowest BCUT2D eigenvalue weighted by molar-refractivity contribution is 0.445. The summed E-state index contributed by atoms with van der Waals surface area (Å²) in [5, 5.41) is -0.915. The van der Waals surface area contributed by atoms with Gasteiger partial charge in [0.05, 0.1) is 9.85 Å². The molecule has 0 aliphatic rings. The van der Waals surface area contributed by atoms with Crippen molar-refractivity contribution in [3.63, 3.8) is 0 Å². The van der Waals surface area contributed by atoms with E-state index in [2.05, 4.69) is 15.9 Å². The summed E-state index contributed by atoms with van der Waals surface area (Å²) >= 11 is 9.04. The first-order chi connectivity index (χ1) is 8.90. The highest BCUT2D eigenvalue weighted by Crippen LogP contribution is 2.32. The van der Waals surface area contributed by atoms with E-state index in [0.29, 0.717) is 5.56 Å². The van der Waals surface area contributed by atoms with E-state index in [0.717, 1.165) is 12.1 Å². The molecule has 2 rings (SSSR count). The second-order valence-corrected chi connectivity index (χ2v) is 5.13. The van der Waals surface area contributed by atoms with Crippen molar-refractivity contribution in [3.8, 4) is 0 Å². The van der Waals surface area contributed by atoms with Crippen LogP contribution >= 0.6 is 27.5 Å². The lowest BCUT2D eigenvalue weighted by Crippen LogP contribution is -1.99. The van der Waals surface area contributed by atoms with E-state index in [-0.39, 0.29) is 10.0 Å². The van der Waals surface area contributed by atoms with E-state index in [4.69, 9.17) is 11.6 Å². The van der Waals surface area contributed by atoms with Gasteiger partial charge in [0.15, 0.2) is 17.5 Å². The molecule has 0 fully saturated rings. The van der Waals surface area contributed by atoms with Gasteiger partial charge in [0.2, 0.25) is 0 Å². The van der Waals surface area contributed by atoms with Crippen LogP contribution in [0.1, 0.15) is 16.5 Å². The molecule has 0 bridgehead atoms. The third-order valence-corrected chi connectivity index (χ3v) is 3.65. The molecule has 1 unspecified atom stereocenters. The third kappa shape index (κ3) is 2.92. The summed E-state index contributed by atoms with van der Waals surface area (Å²) in [6.07, 6.45) is 0. The molecule has 2 aromatic carbocycles. The van der Waals surface area contributed by atoms with Gasteiger partial charge in [-0.05, 0) is 51.3 Å². The molecule has 0 radical (unpaired) electrons. The average molecular weight is 354 g/mol. The second-order valence-electron chi connectivity index (χ2n) is 3.83. The molecule has 2 aromatic rings. The van der Waals surface area contributed by atoms with Crippen LogP contribution in [0.2, 0.25) is 0 Å². The van der Waals surface area contributed by atoms with Gasteiger partial charge in [-0.3, -0.25) is 0 Å². The number of hydrogen-bond acceptors (Lipinski definition) is 0.